The van der Waals surface area contributed by atoms with Crippen molar-refractivity contribution in [3.05, 3.63) is 52.0 Å². The average molecular weight is 345 g/mol. The first kappa shape index (κ1) is 16.6. The number of nitrogens with zero attached hydrogens (tertiary/aromatic N) is 4. The maximum absolute atomic E-state index is 13.0. The van der Waals surface area contributed by atoms with Gasteiger partial charge in [-0.15, -0.1) is 5.10 Å². The Balaban J connectivity index is 1.78. The van der Waals surface area contributed by atoms with Crippen molar-refractivity contribution < 1.29 is 13.6 Å². The van der Waals surface area contributed by atoms with Gasteiger partial charge in [-0.05, 0) is 38.1 Å². The Bertz CT molecular complexity index is 984. The first-order valence-corrected chi connectivity index (χ1v) is 7.49. The Labute approximate surface area is 141 Å². The van der Waals surface area contributed by atoms with E-state index >= 15 is 0 Å². The molecule has 0 atom stereocenters. The molecule has 0 aliphatic heterocycles. The molecule has 0 bridgehead atoms. The van der Waals surface area contributed by atoms with Crippen LogP contribution < -0.4 is 11.1 Å². The van der Waals surface area contributed by atoms with E-state index in [0.29, 0.717) is 16.9 Å². The van der Waals surface area contributed by atoms with Gasteiger partial charge >= 0.3 is 5.76 Å². The second-order valence-corrected chi connectivity index (χ2v) is 5.56. The minimum atomic E-state index is -0.769. The van der Waals surface area contributed by atoms with Gasteiger partial charge in [-0.1, -0.05) is 0 Å². The molecule has 0 aliphatic rings. The summed E-state index contributed by atoms with van der Waals surface area (Å²) in [6.45, 7) is 3.29. The molecule has 3 rings (SSSR count). The summed E-state index contributed by atoms with van der Waals surface area (Å²) in [5, 5.41) is 10.9. The summed E-state index contributed by atoms with van der Waals surface area (Å²) in [5.74, 6) is -1.59. The van der Waals surface area contributed by atoms with Crippen LogP contribution in [-0.2, 0) is 18.4 Å². The fourth-order valence-corrected chi connectivity index (χ4v) is 2.38. The van der Waals surface area contributed by atoms with Crippen LogP contribution in [0.3, 0.4) is 0 Å². The summed E-state index contributed by atoms with van der Waals surface area (Å²) < 4.78 is 20.5. The SMILES string of the molecule is Cc1nn(C)c(C)c1NC(=O)Cn1nc(-c2ccc(F)cc2)oc1=O. The molecule has 0 saturated carbocycles. The molecule has 2 aromatic heterocycles. The minimum Gasteiger partial charge on any atom is -0.388 e. The molecule has 0 saturated heterocycles. The third-order valence-corrected chi connectivity index (χ3v) is 3.76. The van der Waals surface area contributed by atoms with Gasteiger partial charge in [-0.2, -0.15) is 9.78 Å². The summed E-state index contributed by atoms with van der Waals surface area (Å²) in [6, 6.07) is 5.34. The van der Waals surface area contributed by atoms with E-state index in [9.17, 15) is 14.0 Å². The lowest BCUT2D eigenvalue weighted by Gasteiger charge is -2.04. The Morgan fingerprint density at radius 2 is 1.92 bits per heavy atom. The van der Waals surface area contributed by atoms with Gasteiger partial charge in [0.25, 0.3) is 0 Å². The molecule has 2 heterocycles. The molecule has 1 amide bonds. The Morgan fingerprint density at radius 3 is 2.52 bits per heavy atom. The molecule has 25 heavy (non-hydrogen) atoms. The zero-order valence-corrected chi connectivity index (χ0v) is 13.9. The molecule has 0 aliphatic carbocycles. The highest BCUT2D eigenvalue weighted by Gasteiger charge is 2.16. The predicted octanol–water partition coefficient (Wildman–Crippen LogP) is 1.63. The van der Waals surface area contributed by atoms with Crippen LogP contribution in [0.1, 0.15) is 11.4 Å². The molecule has 1 aromatic carbocycles. The van der Waals surface area contributed by atoms with Crippen LogP contribution in [0.15, 0.2) is 33.5 Å². The van der Waals surface area contributed by atoms with Gasteiger partial charge in [0.15, 0.2) is 0 Å². The quantitative estimate of drug-likeness (QED) is 0.775. The minimum absolute atomic E-state index is 0.0199. The smallest absolute Gasteiger partial charge is 0.388 e. The highest BCUT2D eigenvalue weighted by molar-refractivity contribution is 5.91. The topological polar surface area (TPSA) is 95.0 Å². The van der Waals surface area contributed by atoms with Crippen molar-refractivity contribution in [2.24, 2.45) is 7.05 Å². The van der Waals surface area contributed by atoms with Crippen LogP contribution in [-0.4, -0.2) is 25.5 Å². The molecule has 9 heteroatoms. The molecule has 0 spiro atoms. The standard InChI is InChI=1S/C16H16FN5O3/c1-9-14(10(2)21(3)19-9)18-13(23)8-22-16(24)25-15(20-22)11-4-6-12(17)7-5-11/h4-7H,8H2,1-3H3,(H,18,23). The Morgan fingerprint density at radius 1 is 1.24 bits per heavy atom. The Kier molecular flexibility index (Phi) is 4.22. The summed E-state index contributed by atoms with van der Waals surface area (Å²) in [7, 11) is 1.77. The number of carbonyl (C=O) groups is 1. The van der Waals surface area contributed by atoms with E-state index in [1.807, 2.05) is 6.92 Å². The van der Waals surface area contributed by atoms with Gasteiger partial charge in [0.1, 0.15) is 12.4 Å². The molecule has 0 unspecified atom stereocenters. The third-order valence-electron chi connectivity index (χ3n) is 3.76. The normalized spacial score (nSPS) is 10.9. The van der Waals surface area contributed by atoms with Crippen LogP contribution in [0.5, 0.6) is 0 Å². The second-order valence-electron chi connectivity index (χ2n) is 5.56. The van der Waals surface area contributed by atoms with E-state index < -0.39 is 17.5 Å². The summed E-state index contributed by atoms with van der Waals surface area (Å²) in [6.07, 6.45) is 0. The van der Waals surface area contributed by atoms with Crippen molar-refractivity contribution >= 4 is 11.6 Å². The van der Waals surface area contributed by atoms with Crippen molar-refractivity contribution in [2.75, 3.05) is 5.32 Å². The number of carbonyl (C=O) groups excluding carboxylic acids is 1. The summed E-state index contributed by atoms with van der Waals surface area (Å²) >= 11 is 0. The number of amides is 1. The molecule has 130 valence electrons. The monoisotopic (exact) mass is 345 g/mol. The van der Waals surface area contributed by atoms with Crippen molar-refractivity contribution in [3.8, 4) is 11.5 Å². The number of halogens is 1. The van der Waals surface area contributed by atoms with E-state index in [2.05, 4.69) is 15.5 Å². The molecule has 1 N–H and O–H groups in total. The van der Waals surface area contributed by atoms with Crippen LogP contribution in [0.25, 0.3) is 11.5 Å². The van der Waals surface area contributed by atoms with Gasteiger partial charge < -0.3 is 9.73 Å². The van der Waals surface area contributed by atoms with E-state index in [-0.39, 0.29) is 12.4 Å². The lowest BCUT2D eigenvalue weighted by molar-refractivity contribution is -0.117. The third kappa shape index (κ3) is 3.35. The zero-order chi connectivity index (χ0) is 18.1. The second kappa shape index (κ2) is 6.34. The van der Waals surface area contributed by atoms with Crippen molar-refractivity contribution in [1.29, 1.82) is 0 Å². The van der Waals surface area contributed by atoms with E-state index in [4.69, 9.17) is 4.42 Å². The van der Waals surface area contributed by atoms with E-state index in [0.717, 1.165) is 10.4 Å². The van der Waals surface area contributed by atoms with Gasteiger partial charge in [0.05, 0.1) is 17.1 Å². The number of aryl methyl sites for hydroxylation is 2. The number of benzene rings is 1. The molecule has 8 nitrogen and oxygen atoms in total. The number of hydrogen-bond acceptors (Lipinski definition) is 5. The number of rotatable bonds is 4. The van der Waals surface area contributed by atoms with Gasteiger partial charge in [0.2, 0.25) is 11.8 Å². The maximum Gasteiger partial charge on any atom is 0.437 e. The molecule has 3 aromatic rings. The first-order valence-electron chi connectivity index (χ1n) is 7.49. The lowest BCUT2D eigenvalue weighted by Crippen LogP contribution is -2.26. The largest absolute Gasteiger partial charge is 0.437 e. The Hall–Kier alpha value is -3.23. The number of aromatic nitrogens is 4. The van der Waals surface area contributed by atoms with Crippen LogP contribution in [0, 0.1) is 19.7 Å². The van der Waals surface area contributed by atoms with Crippen molar-refractivity contribution in [2.45, 2.75) is 20.4 Å². The molecule has 0 radical (unpaired) electrons. The number of anilines is 1. The average Bonchev–Trinajstić information content (AvgIpc) is 3.03. The maximum atomic E-state index is 13.0. The van der Waals surface area contributed by atoms with Gasteiger partial charge in [0, 0.05) is 12.6 Å². The molecular weight excluding hydrogens is 329 g/mol. The van der Waals surface area contributed by atoms with E-state index in [1.165, 1.54) is 24.3 Å². The fourth-order valence-electron chi connectivity index (χ4n) is 2.38. The van der Waals surface area contributed by atoms with Crippen molar-refractivity contribution in [3.63, 3.8) is 0 Å². The fraction of sp³-hybridized carbons (Fsp3) is 0.250. The lowest BCUT2D eigenvalue weighted by atomic mass is 10.2. The van der Waals surface area contributed by atoms with Crippen LogP contribution in [0.4, 0.5) is 10.1 Å². The molecular formula is C16H16FN5O3. The van der Waals surface area contributed by atoms with Crippen molar-refractivity contribution in [1.82, 2.24) is 19.6 Å². The molecule has 0 fully saturated rings. The van der Waals surface area contributed by atoms with Gasteiger partial charge in [-0.25, -0.2) is 9.18 Å². The zero-order valence-electron chi connectivity index (χ0n) is 13.9. The van der Waals surface area contributed by atoms with Crippen LogP contribution >= 0.6 is 0 Å². The van der Waals surface area contributed by atoms with Gasteiger partial charge in [-0.3, -0.25) is 9.48 Å². The van der Waals surface area contributed by atoms with Crippen LogP contribution in [0.2, 0.25) is 0 Å². The van der Waals surface area contributed by atoms with E-state index in [1.54, 1.807) is 18.7 Å². The number of hydrogen-bond donors (Lipinski definition) is 1. The number of nitrogens with one attached hydrogen (secondary N) is 1. The highest BCUT2D eigenvalue weighted by atomic mass is 19.1. The summed E-state index contributed by atoms with van der Waals surface area (Å²) in [5.41, 5.74) is 2.51. The summed E-state index contributed by atoms with van der Waals surface area (Å²) in [4.78, 5) is 24.1. The predicted molar refractivity (Wildman–Crippen MR) is 87.5 cm³/mol. The first-order chi connectivity index (χ1) is 11.8. The highest BCUT2D eigenvalue weighted by Crippen LogP contribution is 2.18.